The number of allylic oxidation sites excluding steroid dienone is 1. The van der Waals surface area contributed by atoms with Crippen molar-refractivity contribution in [3.63, 3.8) is 0 Å². The van der Waals surface area contributed by atoms with Gasteiger partial charge in [0.15, 0.2) is 6.29 Å². The van der Waals surface area contributed by atoms with Gasteiger partial charge in [0.2, 0.25) is 0 Å². The van der Waals surface area contributed by atoms with Crippen LogP contribution in [-0.4, -0.2) is 52.1 Å². The van der Waals surface area contributed by atoms with Crippen LogP contribution in [0.4, 0.5) is 0 Å². The summed E-state index contributed by atoms with van der Waals surface area (Å²) in [6.07, 6.45) is 2.51. The third-order valence-corrected chi connectivity index (χ3v) is 7.02. The molecule has 0 spiro atoms. The van der Waals surface area contributed by atoms with Gasteiger partial charge in [-0.2, -0.15) is 0 Å². The van der Waals surface area contributed by atoms with Gasteiger partial charge in [0, 0.05) is 0 Å². The van der Waals surface area contributed by atoms with E-state index in [1.54, 1.807) is 0 Å². The summed E-state index contributed by atoms with van der Waals surface area (Å²) in [5, 5.41) is 29.6. The summed E-state index contributed by atoms with van der Waals surface area (Å²) in [7, 11) is 0. The predicted molar refractivity (Wildman–Crippen MR) is 94.9 cm³/mol. The van der Waals surface area contributed by atoms with Crippen LogP contribution in [-0.2, 0) is 9.47 Å². The van der Waals surface area contributed by atoms with Crippen LogP contribution in [0.5, 0.6) is 0 Å². The van der Waals surface area contributed by atoms with E-state index in [0.717, 1.165) is 19.3 Å². The fourth-order valence-electron chi connectivity index (χ4n) is 5.13. The fourth-order valence-corrected chi connectivity index (χ4v) is 5.13. The van der Waals surface area contributed by atoms with E-state index in [1.807, 2.05) is 13.8 Å². The predicted octanol–water partition coefficient (Wildman–Crippen LogP) is 2.38. The quantitative estimate of drug-likeness (QED) is 0.678. The molecule has 25 heavy (non-hydrogen) atoms. The highest BCUT2D eigenvalue weighted by molar-refractivity contribution is 5.13. The summed E-state index contributed by atoms with van der Waals surface area (Å²) in [4.78, 5) is 0. The van der Waals surface area contributed by atoms with Crippen molar-refractivity contribution in [1.82, 2.24) is 0 Å². The molecule has 3 rings (SSSR count). The largest absolute Gasteiger partial charge is 0.388 e. The van der Waals surface area contributed by atoms with E-state index < -0.39 is 30.2 Å². The Morgan fingerprint density at radius 3 is 2.64 bits per heavy atom. The van der Waals surface area contributed by atoms with Crippen molar-refractivity contribution >= 4 is 0 Å². The Kier molecular flexibility index (Phi) is 5.35. The number of aliphatic hydroxyl groups excluding tert-OH is 3. The zero-order valence-corrected chi connectivity index (χ0v) is 15.8. The summed E-state index contributed by atoms with van der Waals surface area (Å²) >= 11 is 0. The maximum atomic E-state index is 10.2. The Morgan fingerprint density at radius 1 is 1.20 bits per heavy atom. The van der Waals surface area contributed by atoms with Crippen molar-refractivity contribution in [2.24, 2.45) is 17.3 Å². The molecule has 1 aliphatic heterocycles. The van der Waals surface area contributed by atoms with Gasteiger partial charge in [0.05, 0.1) is 12.2 Å². The molecule has 0 aromatic rings. The first-order valence-electron chi connectivity index (χ1n) is 9.65. The first-order chi connectivity index (χ1) is 11.6. The molecule has 0 amide bonds. The van der Waals surface area contributed by atoms with Crippen LogP contribution in [0.15, 0.2) is 12.2 Å². The monoisotopic (exact) mass is 354 g/mol. The molecule has 3 aliphatic rings. The van der Waals surface area contributed by atoms with Crippen LogP contribution < -0.4 is 0 Å². The molecule has 7 atom stereocenters. The molecular formula is C20H34O5. The van der Waals surface area contributed by atoms with Gasteiger partial charge in [-0.1, -0.05) is 19.1 Å². The minimum atomic E-state index is -1.23. The van der Waals surface area contributed by atoms with Gasteiger partial charge in [0.25, 0.3) is 0 Å². The lowest BCUT2D eigenvalue weighted by molar-refractivity contribution is -0.305. The first kappa shape index (κ1) is 19.3. The standard InChI is InChI=1S/C20H34O5/c1-12-6-5-8-20(4)9-7-13(10-14(12)20)19(2,3)25-18-17(23)16(22)15(21)11-24-18/h13-18,21-23H,1,5-11H2,2-4H3/t13-,14+,15-,16-,17+,18-,20-/m1/s1. The van der Waals surface area contributed by atoms with Gasteiger partial charge in [-0.25, -0.2) is 0 Å². The van der Waals surface area contributed by atoms with Crippen LogP contribution in [0.25, 0.3) is 0 Å². The first-order valence-corrected chi connectivity index (χ1v) is 9.65. The van der Waals surface area contributed by atoms with Crippen LogP contribution in [0, 0.1) is 17.3 Å². The van der Waals surface area contributed by atoms with E-state index in [-0.39, 0.29) is 6.61 Å². The molecular weight excluding hydrogens is 320 g/mol. The number of hydrogen-bond acceptors (Lipinski definition) is 5. The number of fused-ring (bicyclic) bond motifs is 1. The highest BCUT2D eigenvalue weighted by atomic mass is 16.7. The molecule has 144 valence electrons. The van der Waals surface area contributed by atoms with Crippen LogP contribution in [0.1, 0.15) is 59.3 Å². The number of ether oxygens (including phenoxy) is 2. The highest BCUT2D eigenvalue weighted by Gasteiger charge is 2.48. The lowest BCUT2D eigenvalue weighted by atomic mass is 9.55. The fraction of sp³-hybridized carbons (Fsp3) is 0.900. The SMILES string of the molecule is C=C1CCC[C@]2(C)CC[C@@H](C(C)(C)O[C@H]3OC[C@@H](O)[C@@H](O)[C@@H]3O)C[C@@H]12. The van der Waals surface area contributed by atoms with Gasteiger partial charge >= 0.3 is 0 Å². The molecule has 5 nitrogen and oxygen atoms in total. The molecule has 3 fully saturated rings. The normalized spacial score (nSPS) is 45.9. The average molecular weight is 354 g/mol. The Balaban J connectivity index is 1.67. The van der Waals surface area contributed by atoms with Crippen LogP contribution in [0.2, 0.25) is 0 Å². The Labute approximate surface area is 151 Å². The third-order valence-electron chi connectivity index (χ3n) is 7.02. The molecule has 1 heterocycles. The van der Waals surface area contributed by atoms with E-state index in [2.05, 4.69) is 13.5 Å². The van der Waals surface area contributed by atoms with Gasteiger partial charge in [0.1, 0.15) is 18.3 Å². The van der Waals surface area contributed by atoms with Crippen molar-refractivity contribution < 1.29 is 24.8 Å². The van der Waals surface area contributed by atoms with E-state index in [4.69, 9.17) is 9.47 Å². The molecule has 2 aliphatic carbocycles. The van der Waals surface area contributed by atoms with Gasteiger partial charge < -0.3 is 24.8 Å². The summed E-state index contributed by atoms with van der Waals surface area (Å²) in [6.45, 7) is 10.8. The highest BCUT2D eigenvalue weighted by Crippen LogP contribution is 2.55. The maximum absolute atomic E-state index is 10.2. The van der Waals surface area contributed by atoms with Crippen molar-refractivity contribution in [1.29, 1.82) is 0 Å². The van der Waals surface area contributed by atoms with Crippen LogP contribution in [0.3, 0.4) is 0 Å². The molecule has 3 N–H and O–H groups in total. The lowest BCUT2D eigenvalue weighted by Gasteiger charge is -2.52. The van der Waals surface area contributed by atoms with Crippen molar-refractivity contribution in [3.8, 4) is 0 Å². The zero-order valence-electron chi connectivity index (χ0n) is 15.8. The zero-order chi connectivity index (χ0) is 18.4. The molecule has 0 bridgehead atoms. The second kappa shape index (κ2) is 6.93. The summed E-state index contributed by atoms with van der Waals surface area (Å²) < 4.78 is 11.6. The molecule has 0 aromatic heterocycles. The molecule has 0 radical (unpaired) electrons. The molecule has 5 heteroatoms. The van der Waals surface area contributed by atoms with E-state index >= 15 is 0 Å². The number of aliphatic hydroxyl groups is 3. The minimum absolute atomic E-state index is 0.0266. The van der Waals surface area contributed by atoms with Crippen LogP contribution >= 0.6 is 0 Å². The Bertz CT molecular complexity index is 504. The summed E-state index contributed by atoms with van der Waals surface area (Å²) in [6, 6.07) is 0. The smallest absolute Gasteiger partial charge is 0.186 e. The average Bonchev–Trinajstić information content (AvgIpc) is 2.55. The molecule has 2 saturated carbocycles. The second-order valence-corrected chi connectivity index (χ2v) is 9.16. The van der Waals surface area contributed by atoms with Gasteiger partial charge in [-0.15, -0.1) is 0 Å². The summed E-state index contributed by atoms with van der Waals surface area (Å²) in [5.41, 5.74) is 1.26. The van der Waals surface area contributed by atoms with E-state index in [1.165, 1.54) is 24.8 Å². The topological polar surface area (TPSA) is 79.2 Å². The lowest BCUT2D eigenvalue weighted by Crippen LogP contribution is -2.56. The van der Waals surface area contributed by atoms with Crippen molar-refractivity contribution in [2.75, 3.05) is 6.61 Å². The molecule has 1 saturated heterocycles. The van der Waals surface area contributed by atoms with E-state index in [9.17, 15) is 15.3 Å². The second-order valence-electron chi connectivity index (χ2n) is 9.16. The van der Waals surface area contributed by atoms with Crippen molar-refractivity contribution in [3.05, 3.63) is 12.2 Å². The van der Waals surface area contributed by atoms with E-state index in [0.29, 0.717) is 17.3 Å². The van der Waals surface area contributed by atoms with Gasteiger partial charge in [-0.3, -0.25) is 0 Å². The minimum Gasteiger partial charge on any atom is -0.388 e. The maximum Gasteiger partial charge on any atom is 0.186 e. The Hall–Kier alpha value is -0.460. The molecule has 0 aromatic carbocycles. The third kappa shape index (κ3) is 3.67. The Morgan fingerprint density at radius 2 is 1.92 bits per heavy atom. The number of rotatable bonds is 3. The summed E-state index contributed by atoms with van der Waals surface area (Å²) in [5.74, 6) is 0.882. The molecule has 0 unspecified atom stereocenters. The van der Waals surface area contributed by atoms with Crippen molar-refractivity contribution in [2.45, 2.75) is 89.5 Å². The number of hydrogen-bond donors (Lipinski definition) is 3. The van der Waals surface area contributed by atoms with Gasteiger partial charge in [-0.05, 0) is 69.6 Å².